The highest BCUT2D eigenvalue weighted by molar-refractivity contribution is 7.92. The lowest BCUT2D eigenvalue weighted by atomic mass is 10.0. The van der Waals surface area contributed by atoms with Crippen LogP contribution in [0.2, 0.25) is 10.0 Å². The molecule has 1 atom stereocenters. The molecule has 0 saturated carbocycles. The maximum absolute atomic E-state index is 14.4. The van der Waals surface area contributed by atoms with Gasteiger partial charge in [-0.2, -0.15) is 0 Å². The van der Waals surface area contributed by atoms with E-state index in [1.807, 2.05) is 30.3 Å². The monoisotopic (exact) mass is 667 g/mol. The van der Waals surface area contributed by atoms with E-state index in [0.717, 1.165) is 9.87 Å². The van der Waals surface area contributed by atoms with Crippen molar-refractivity contribution in [1.29, 1.82) is 0 Å². The summed E-state index contributed by atoms with van der Waals surface area (Å²) < 4.78 is 40.6. The quantitative estimate of drug-likeness (QED) is 0.231. The van der Waals surface area contributed by atoms with Crippen LogP contribution in [-0.2, 0) is 32.6 Å². The third kappa shape index (κ3) is 7.53. The van der Waals surface area contributed by atoms with Gasteiger partial charge in [0.15, 0.2) is 11.5 Å². The molecule has 45 heavy (non-hydrogen) atoms. The average molecular weight is 669 g/mol. The molecule has 0 fully saturated rings. The van der Waals surface area contributed by atoms with Gasteiger partial charge in [-0.15, -0.1) is 0 Å². The molecule has 1 heterocycles. The smallest absolute Gasteiger partial charge is 0.264 e. The van der Waals surface area contributed by atoms with Gasteiger partial charge in [0.25, 0.3) is 10.0 Å². The Morgan fingerprint density at radius 2 is 1.49 bits per heavy atom. The van der Waals surface area contributed by atoms with Gasteiger partial charge in [0, 0.05) is 26.1 Å². The van der Waals surface area contributed by atoms with E-state index < -0.39 is 34.4 Å². The number of anilines is 1. The Morgan fingerprint density at radius 1 is 0.822 bits per heavy atom. The predicted molar refractivity (Wildman–Crippen MR) is 173 cm³/mol. The summed E-state index contributed by atoms with van der Waals surface area (Å²) in [5, 5.41) is 3.28. The Hall–Kier alpha value is -4.25. The van der Waals surface area contributed by atoms with Crippen LogP contribution < -0.4 is 19.1 Å². The molecule has 4 aromatic rings. The van der Waals surface area contributed by atoms with Crippen LogP contribution in [0.4, 0.5) is 5.69 Å². The molecular formula is C33H31Cl2N3O6S. The van der Waals surface area contributed by atoms with Crippen LogP contribution in [0.15, 0.2) is 102 Å². The van der Waals surface area contributed by atoms with Gasteiger partial charge in [-0.3, -0.25) is 13.9 Å². The van der Waals surface area contributed by atoms with Crippen molar-refractivity contribution >= 4 is 50.7 Å². The number of fused-ring (bicyclic) bond motifs is 1. The molecule has 5 rings (SSSR count). The predicted octanol–water partition coefficient (Wildman–Crippen LogP) is 5.35. The van der Waals surface area contributed by atoms with Crippen LogP contribution in [0.5, 0.6) is 11.5 Å². The molecule has 9 nitrogen and oxygen atoms in total. The van der Waals surface area contributed by atoms with Gasteiger partial charge >= 0.3 is 0 Å². The Balaban J connectivity index is 1.58. The van der Waals surface area contributed by atoms with E-state index >= 15 is 0 Å². The Morgan fingerprint density at radius 3 is 2.16 bits per heavy atom. The van der Waals surface area contributed by atoms with Gasteiger partial charge < -0.3 is 19.7 Å². The first kappa shape index (κ1) is 32.2. The van der Waals surface area contributed by atoms with Crippen LogP contribution in [0.25, 0.3) is 0 Å². The Labute approximate surface area is 272 Å². The van der Waals surface area contributed by atoms with Crippen LogP contribution in [0.3, 0.4) is 0 Å². The van der Waals surface area contributed by atoms with E-state index in [-0.39, 0.29) is 28.6 Å². The molecule has 12 heteroatoms. The third-order valence-corrected chi connectivity index (χ3v) is 9.81. The number of ether oxygens (including phenoxy) is 2. The van der Waals surface area contributed by atoms with Crippen molar-refractivity contribution in [2.45, 2.75) is 23.9 Å². The summed E-state index contributed by atoms with van der Waals surface area (Å²) in [7, 11) is -2.76. The summed E-state index contributed by atoms with van der Waals surface area (Å²) in [4.78, 5) is 29.2. The fourth-order valence-corrected chi connectivity index (χ4v) is 6.74. The Bertz CT molecular complexity index is 1770. The number of rotatable bonds is 11. The number of benzene rings is 4. The second-order valence-corrected chi connectivity index (χ2v) is 12.9. The van der Waals surface area contributed by atoms with Crippen molar-refractivity contribution in [3.8, 4) is 11.5 Å². The second kappa shape index (κ2) is 14.2. The molecule has 0 bridgehead atoms. The van der Waals surface area contributed by atoms with Crippen molar-refractivity contribution < 1.29 is 27.5 Å². The molecular weight excluding hydrogens is 637 g/mol. The van der Waals surface area contributed by atoms with Gasteiger partial charge in [-0.1, -0.05) is 77.8 Å². The van der Waals surface area contributed by atoms with E-state index in [0.29, 0.717) is 35.3 Å². The van der Waals surface area contributed by atoms with Crippen molar-refractivity contribution in [3.63, 3.8) is 0 Å². The molecule has 1 unspecified atom stereocenters. The summed E-state index contributed by atoms with van der Waals surface area (Å²) in [6.45, 7) is 0.00978. The van der Waals surface area contributed by atoms with Gasteiger partial charge in [0.1, 0.15) is 25.8 Å². The molecule has 0 aliphatic carbocycles. The fraction of sp³-hybridized carbons (Fsp3) is 0.212. The topological polar surface area (TPSA) is 105 Å². The highest BCUT2D eigenvalue weighted by atomic mass is 35.5. The van der Waals surface area contributed by atoms with Crippen LogP contribution >= 0.6 is 23.2 Å². The molecule has 0 radical (unpaired) electrons. The summed E-state index contributed by atoms with van der Waals surface area (Å²) in [6.07, 6.45) is 0.184. The number of amides is 2. The van der Waals surface area contributed by atoms with Crippen LogP contribution in [0.1, 0.15) is 11.1 Å². The lowest BCUT2D eigenvalue weighted by Gasteiger charge is -2.34. The first-order valence-corrected chi connectivity index (χ1v) is 16.3. The van der Waals surface area contributed by atoms with Gasteiger partial charge in [-0.25, -0.2) is 8.42 Å². The lowest BCUT2D eigenvalue weighted by molar-refractivity contribution is -0.139. The largest absolute Gasteiger partial charge is 0.486 e. The molecule has 1 aliphatic rings. The number of nitrogens with one attached hydrogen (secondary N) is 1. The minimum Gasteiger partial charge on any atom is -0.486 e. The first-order chi connectivity index (χ1) is 21.7. The van der Waals surface area contributed by atoms with E-state index in [1.54, 1.807) is 48.5 Å². The van der Waals surface area contributed by atoms with Gasteiger partial charge in [0.05, 0.1) is 20.6 Å². The molecule has 0 aromatic heterocycles. The highest BCUT2D eigenvalue weighted by Crippen LogP contribution is 2.36. The average Bonchev–Trinajstić information content (AvgIpc) is 3.07. The van der Waals surface area contributed by atoms with E-state index in [9.17, 15) is 18.0 Å². The first-order valence-electron chi connectivity index (χ1n) is 14.1. The molecule has 0 saturated heterocycles. The van der Waals surface area contributed by atoms with Gasteiger partial charge in [0.2, 0.25) is 11.8 Å². The zero-order valence-electron chi connectivity index (χ0n) is 24.4. The Kier molecular flexibility index (Phi) is 10.2. The fourth-order valence-electron chi connectivity index (χ4n) is 4.99. The van der Waals surface area contributed by atoms with E-state index in [2.05, 4.69) is 5.32 Å². The standard InChI is InChI=1S/C33H31Cl2N3O6S/c1-36-33(40)29(19-23-8-4-2-5-9-23)37(21-24-12-14-27(34)28(35)18-24)32(39)22-38(45(41,42)26-10-6-3-7-11-26)25-13-15-30-31(20-25)44-17-16-43-30/h2-15,18,20,29H,16-17,19,21-22H2,1H3,(H,36,40). The number of sulfonamides is 1. The summed E-state index contributed by atoms with van der Waals surface area (Å²) in [5.41, 5.74) is 1.63. The minimum absolute atomic E-state index is 0.00383. The number of hydrogen-bond donors (Lipinski definition) is 1. The number of nitrogens with zero attached hydrogens (tertiary/aromatic N) is 2. The second-order valence-electron chi connectivity index (χ2n) is 10.2. The number of hydrogen-bond acceptors (Lipinski definition) is 6. The van der Waals surface area contributed by atoms with Crippen molar-refractivity contribution in [3.05, 3.63) is 118 Å². The third-order valence-electron chi connectivity index (χ3n) is 7.28. The van der Waals surface area contributed by atoms with Crippen molar-refractivity contribution in [2.75, 3.05) is 31.1 Å². The summed E-state index contributed by atoms with van der Waals surface area (Å²) in [5.74, 6) is -0.194. The minimum atomic E-state index is -4.25. The number of carbonyl (C=O) groups is 2. The highest BCUT2D eigenvalue weighted by Gasteiger charge is 2.35. The van der Waals surface area contributed by atoms with Gasteiger partial charge in [-0.05, 0) is 47.5 Å². The molecule has 1 aliphatic heterocycles. The van der Waals surface area contributed by atoms with E-state index in [4.69, 9.17) is 32.7 Å². The SMILES string of the molecule is CNC(=O)C(Cc1ccccc1)N(Cc1ccc(Cl)c(Cl)c1)C(=O)CN(c1ccc2c(c1)OCCO2)S(=O)(=O)c1ccccc1. The van der Waals surface area contributed by atoms with Crippen LogP contribution in [-0.4, -0.2) is 58.0 Å². The van der Waals surface area contributed by atoms with E-state index in [1.165, 1.54) is 30.1 Å². The number of carbonyl (C=O) groups excluding carboxylic acids is 2. The van der Waals surface area contributed by atoms with Crippen molar-refractivity contribution in [1.82, 2.24) is 10.2 Å². The summed E-state index contributed by atoms with van der Waals surface area (Å²) in [6, 6.07) is 25.7. The zero-order valence-corrected chi connectivity index (χ0v) is 26.7. The maximum atomic E-state index is 14.4. The maximum Gasteiger partial charge on any atom is 0.264 e. The van der Waals surface area contributed by atoms with Crippen molar-refractivity contribution in [2.24, 2.45) is 0 Å². The number of likely N-dealkylation sites (N-methyl/N-ethyl adjacent to an activating group) is 1. The van der Waals surface area contributed by atoms with Crippen LogP contribution in [0, 0.1) is 0 Å². The zero-order chi connectivity index (χ0) is 32.0. The lowest BCUT2D eigenvalue weighted by Crippen LogP contribution is -2.53. The molecule has 234 valence electrons. The molecule has 4 aromatic carbocycles. The molecule has 2 amide bonds. The number of halogens is 2. The summed E-state index contributed by atoms with van der Waals surface area (Å²) >= 11 is 12.5. The normalized spacial score (nSPS) is 13.0. The molecule has 0 spiro atoms. The molecule has 1 N–H and O–H groups in total.